The lowest BCUT2D eigenvalue weighted by Gasteiger charge is -2.08. The minimum Gasteiger partial charge on any atom is -0.478 e. The molecule has 27 heavy (non-hydrogen) atoms. The number of nitrogens with one attached hydrogen (secondary N) is 1. The molecule has 0 aliphatic heterocycles. The van der Waals surface area contributed by atoms with Crippen LogP contribution in [0.25, 0.3) is 33.5 Å². The maximum absolute atomic E-state index is 11.6. The van der Waals surface area contributed by atoms with Crippen LogP contribution in [0.3, 0.4) is 0 Å². The van der Waals surface area contributed by atoms with Crippen molar-refractivity contribution in [3.05, 3.63) is 72.1 Å². The van der Waals surface area contributed by atoms with Crippen LogP contribution in [-0.4, -0.2) is 37.1 Å². The van der Waals surface area contributed by atoms with E-state index in [2.05, 4.69) is 15.0 Å². The molecule has 0 radical (unpaired) electrons. The summed E-state index contributed by atoms with van der Waals surface area (Å²) in [5.41, 5.74) is 0.727. The zero-order valence-electron chi connectivity index (χ0n) is 13.9. The number of benzene rings is 2. The second-order valence-corrected chi connectivity index (χ2v) is 5.90. The van der Waals surface area contributed by atoms with E-state index in [1.165, 1.54) is 24.4 Å². The number of aromatic nitrogens is 3. The lowest BCUT2D eigenvalue weighted by Crippen LogP contribution is -2.07. The summed E-state index contributed by atoms with van der Waals surface area (Å²) in [7, 11) is 0. The molecule has 0 aliphatic rings. The highest BCUT2D eigenvalue weighted by molar-refractivity contribution is 6.04. The summed E-state index contributed by atoms with van der Waals surface area (Å²) in [6, 6.07) is 13.7. The molecule has 7 nitrogen and oxygen atoms in total. The van der Waals surface area contributed by atoms with E-state index in [0.29, 0.717) is 17.2 Å². The molecule has 3 N–H and O–H groups in total. The van der Waals surface area contributed by atoms with Crippen LogP contribution in [0.2, 0.25) is 0 Å². The fourth-order valence-electron chi connectivity index (χ4n) is 2.99. The van der Waals surface area contributed by atoms with Crippen molar-refractivity contribution in [3.8, 4) is 22.8 Å². The van der Waals surface area contributed by atoms with Gasteiger partial charge in [-0.25, -0.2) is 14.6 Å². The molecule has 0 aliphatic carbocycles. The highest BCUT2D eigenvalue weighted by atomic mass is 16.4. The van der Waals surface area contributed by atoms with E-state index in [1.54, 1.807) is 6.20 Å². The van der Waals surface area contributed by atoms with E-state index >= 15 is 0 Å². The third kappa shape index (κ3) is 2.91. The van der Waals surface area contributed by atoms with E-state index in [9.17, 15) is 19.8 Å². The van der Waals surface area contributed by atoms with Gasteiger partial charge < -0.3 is 15.2 Å². The average molecular weight is 359 g/mol. The summed E-state index contributed by atoms with van der Waals surface area (Å²) < 4.78 is 0. The molecule has 0 unspecified atom stereocenters. The number of aromatic carboxylic acids is 2. The van der Waals surface area contributed by atoms with Gasteiger partial charge in [0.2, 0.25) is 0 Å². The van der Waals surface area contributed by atoms with Gasteiger partial charge in [-0.15, -0.1) is 0 Å². The largest absolute Gasteiger partial charge is 0.478 e. The highest BCUT2D eigenvalue weighted by Crippen LogP contribution is 2.29. The Labute approximate surface area is 153 Å². The van der Waals surface area contributed by atoms with Crippen LogP contribution >= 0.6 is 0 Å². The number of hydrogen-bond acceptors (Lipinski definition) is 4. The van der Waals surface area contributed by atoms with Gasteiger partial charge in [-0.3, -0.25) is 4.98 Å². The van der Waals surface area contributed by atoms with Gasteiger partial charge in [0, 0.05) is 17.1 Å². The van der Waals surface area contributed by atoms with Crippen molar-refractivity contribution >= 4 is 22.7 Å². The van der Waals surface area contributed by atoms with Gasteiger partial charge in [0.05, 0.1) is 23.0 Å². The minimum atomic E-state index is -1.21. The summed E-state index contributed by atoms with van der Waals surface area (Å²) in [5, 5.41) is 20.8. The second kappa shape index (κ2) is 6.38. The number of H-pyrrole nitrogens is 1. The molecule has 7 heteroatoms. The van der Waals surface area contributed by atoms with Crippen LogP contribution in [0.4, 0.5) is 0 Å². The number of hydrogen-bond donors (Lipinski definition) is 3. The number of carbonyl (C=O) groups is 2. The lowest BCUT2D eigenvalue weighted by molar-refractivity contribution is 0.0696. The molecule has 0 bridgehead atoms. The van der Waals surface area contributed by atoms with Crippen LogP contribution in [0.5, 0.6) is 0 Å². The van der Waals surface area contributed by atoms with Crippen LogP contribution < -0.4 is 0 Å². The molecule has 0 fully saturated rings. The first-order chi connectivity index (χ1) is 13.0. The predicted molar refractivity (Wildman–Crippen MR) is 98.7 cm³/mol. The topological polar surface area (TPSA) is 116 Å². The van der Waals surface area contributed by atoms with Gasteiger partial charge >= 0.3 is 11.9 Å². The summed E-state index contributed by atoms with van der Waals surface area (Å²) in [6.07, 6.45) is 3.14. The van der Waals surface area contributed by atoms with Gasteiger partial charge in [0.1, 0.15) is 5.69 Å². The fourth-order valence-corrected chi connectivity index (χ4v) is 2.99. The van der Waals surface area contributed by atoms with E-state index in [4.69, 9.17) is 0 Å². The molecule has 0 saturated carbocycles. The van der Waals surface area contributed by atoms with Crippen LogP contribution in [0, 0.1) is 0 Å². The normalized spacial score (nSPS) is 10.8. The number of carboxylic acid groups (broad SMARTS) is 2. The predicted octanol–water partition coefficient (Wildman–Crippen LogP) is 3.69. The van der Waals surface area contributed by atoms with Crippen molar-refractivity contribution < 1.29 is 19.8 Å². The highest BCUT2D eigenvalue weighted by Gasteiger charge is 2.21. The monoisotopic (exact) mass is 359 g/mol. The van der Waals surface area contributed by atoms with E-state index in [-0.39, 0.29) is 16.7 Å². The Kier molecular flexibility index (Phi) is 3.89. The zero-order chi connectivity index (χ0) is 19.0. The number of imidazole rings is 1. The van der Waals surface area contributed by atoms with Crippen molar-refractivity contribution in [2.24, 2.45) is 0 Å². The molecule has 4 rings (SSSR count). The number of nitrogens with zero attached hydrogens (tertiary/aromatic N) is 2. The molecule has 2 aromatic carbocycles. The standard InChI is InChI=1S/C20H13N3O4/c24-19(25)13-6-3-7-14(20(26)27)17(13)16-10-22-18(23-16)15-8-11-4-1-2-5-12(11)9-21-15/h1-10H,(H,22,23)(H,24,25)(H,26,27). The molecule has 2 aromatic heterocycles. The van der Waals surface area contributed by atoms with Crippen molar-refractivity contribution in [2.45, 2.75) is 0 Å². The van der Waals surface area contributed by atoms with Crippen LogP contribution in [0.15, 0.2) is 60.9 Å². The molecule has 0 atom stereocenters. The number of carboxylic acids is 2. The van der Waals surface area contributed by atoms with Crippen molar-refractivity contribution in [3.63, 3.8) is 0 Å². The van der Waals surface area contributed by atoms with E-state index in [0.717, 1.165) is 10.8 Å². The van der Waals surface area contributed by atoms with Gasteiger partial charge in [-0.1, -0.05) is 30.3 Å². The second-order valence-electron chi connectivity index (χ2n) is 5.90. The van der Waals surface area contributed by atoms with Gasteiger partial charge in [-0.2, -0.15) is 0 Å². The van der Waals surface area contributed by atoms with Gasteiger partial charge in [0.25, 0.3) is 0 Å². The van der Waals surface area contributed by atoms with E-state index in [1.807, 2.05) is 30.3 Å². The maximum Gasteiger partial charge on any atom is 0.336 e. The zero-order valence-corrected chi connectivity index (χ0v) is 13.9. The summed E-state index contributed by atoms with van der Waals surface area (Å²) in [5.74, 6) is -2.01. The third-order valence-corrected chi connectivity index (χ3v) is 4.24. The molecule has 132 valence electrons. The van der Waals surface area contributed by atoms with Crippen molar-refractivity contribution in [2.75, 3.05) is 0 Å². The summed E-state index contributed by atoms with van der Waals surface area (Å²) in [4.78, 5) is 34.7. The SMILES string of the molecule is O=C(O)c1cccc(C(=O)O)c1-c1cnc(-c2cc3ccccc3cn2)[nH]1. The molecule has 2 heterocycles. The van der Waals surface area contributed by atoms with Crippen molar-refractivity contribution in [1.29, 1.82) is 0 Å². The Balaban J connectivity index is 1.85. The summed E-state index contributed by atoms with van der Waals surface area (Å²) >= 11 is 0. The number of pyridine rings is 1. The average Bonchev–Trinajstić information content (AvgIpc) is 3.16. The number of fused-ring (bicyclic) bond motifs is 1. The summed E-state index contributed by atoms with van der Waals surface area (Å²) in [6.45, 7) is 0. The molecular formula is C20H13N3O4. The van der Waals surface area contributed by atoms with E-state index < -0.39 is 11.9 Å². The number of rotatable bonds is 4. The molecule has 0 spiro atoms. The Morgan fingerprint density at radius 2 is 1.48 bits per heavy atom. The maximum atomic E-state index is 11.6. The molecule has 4 aromatic rings. The number of aromatic amines is 1. The molecule has 0 saturated heterocycles. The van der Waals surface area contributed by atoms with Gasteiger partial charge in [-0.05, 0) is 23.6 Å². The first kappa shape index (κ1) is 16.5. The van der Waals surface area contributed by atoms with Crippen LogP contribution in [0.1, 0.15) is 20.7 Å². The quantitative estimate of drug-likeness (QED) is 0.512. The Bertz CT molecular complexity index is 1160. The third-order valence-electron chi connectivity index (χ3n) is 4.24. The minimum absolute atomic E-state index is 0.0806. The first-order valence-corrected chi connectivity index (χ1v) is 8.05. The molecular weight excluding hydrogens is 346 g/mol. The van der Waals surface area contributed by atoms with Crippen molar-refractivity contribution in [1.82, 2.24) is 15.0 Å². The van der Waals surface area contributed by atoms with Gasteiger partial charge in [0.15, 0.2) is 5.82 Å². The fraction of sp³-hybridized carbons (Fsp3) is 0. The molecule has 0 amide bonds. The van der Waals surface area contributed by atoms with Crippen LogP contribution in [-0.2, 0) is 0 Å². The first-order valence-electron chi connectivity index (χ1n) is 8.05. The smallest absolute Gasteiger partial charge is 0.336 e. The Morgan fingerprint density at radius 3 is 2.15 bits per heavy atom. The Hall–Kier alpha value is -4.00. The lowest BCUT2D eigenvalue weighted by atomic mass is 9.98. The Morgan fingerprint density at radius 1 is 0.815 bits per heavy atom.